The van der Waals surface area contributed by atoms with Crippen molar-refractivity contribution in [2.45, 2.75) is 18.9 Å². The molecule has 0 fully saturated rings. The molecule has 1 unspecified atom stereocenters. The summed E-state index contributed by atoms with van der Waals surface area (Å²) in [6, 6.07) is 14.1. The van der Waals surface area contributed by atoms with Crippen molar-refractivity contribution in [3.63, 3.8) is 0 Å². The van der Waals surface area contributed by atoms with Crippen LogP contribution in [0.3, 0.4) is 0 Å². The summed E-state index contributed by atoms with van der Waals surface area (Å²) in [6.07, 6.45) is 0.634. The largest absolute Gasteiger partial charge is 0.383 e. The molecule has 1 atom stereocenters. The molecule has 2 aromatic carbocycles. The number of ether oxygens (including phenoxy) is 1. The van der Waals surface area contributed by atoms with Gasteiger partial charge < -0.3 is 9.84 Å². The molecule has 2 aromatic rings. The van der Waals surface area contributed by atoms with Crippen LogP contribution in [0.1, 0.15) is 18.9 Å². The lowest BCUT2D eigenvalue weighted by molar-refractivity contribution is -0.0375. The number of hydrogen-bond acceptors (Lipinski definition) is 2. The number of hydrogen-bond donors (Lipinski definition) is 1. The lowest BCUT2D eigenvalue weighted by atomic mass is 9.88. The van der Waals surface area contributed by atoms with Crippen molar-refractivity contribution in [2.75, 3.05) is 13.7 Å². The van der Waals surface area contributed by atoms with Gasteiger partial charge in [-0.3, -0.25) is 0 Å². The first-order valence-electron chi connectivity index (χ1n) is 5.91. The van der Waals surface area contributed by atoms with E-state index < -0.39 is 5.60 Å². The standard InChI is InChI=1S/C15H18O2/c1-3-15(16,11-17-2)14-10-6-8-12-7-4-5-9-13(12)14/h4-10,16H,3,11H2,1-2H3. The maximum Gasteiger partial charge on any atom is 0.113 e. The van der Waals surface area contributed by atoms with Crippen molar-refractivity contribution in [3.8, 4) is 0 Å². The van der Waals surface area contributed by atoms with E-state index in [9.17, 15) is 5.11 Å². The Morgan fingerprint density at radius 1 is 1.12 bits per heavy atom. The van der Waals surface area contributed by atoms with Gasteiger partial charge in [-0.05, 0) is 22.8 Å². The molecule has 2 nitrogen and oxygen atoms in total. The zero-order valence-electron chi connectivity index (χ0n) is 10.3. The van der Waals surface area contributed by atoms with Crippen LogP contribution in [-0.4, -0.2) is 18.8 Å². The minimum absolute atomic E-state index is 0.317. The topological polar surface area (TPSA) is 29.5 Å². The fraction of sp³-hybridized carbons (Fsp3) is 0.333. The Hall–Kier alpha value is -1.38. The predicted octanol–water partition coefficient (Wildman–Crippen LogP) is 3.08. The van der Waals surface area contributed by atoms with E-state index in [0.29, 0.717) is 13.0 Å². The molecule has 0 aromatic heterocycles. The quantitative estimate of drug-likeness (QED) is 0.874. The predicted molar refractivity (Wildman–Crippen MR) is 70.0 cm³/mol. The Morgan fingerprint density at radius 3 is 2.53 bits per heavy atom. The van der Waals surface area contributed by atoms with Crippen molar-refractivity contribution in [3.05, 3.63) is 48.0 Å². The molecule has 17 heavy (non-hydrogen) atoms. The Balaban J connectivity index is 2.61. The van der Waals surface area contributed by atoms with Crippen molar-refractivity contribution >= 4 is 10.8 Å². The first-order valence-corrected chi connectivity index (χ1v) is 5.91. The minimum Gasteiger partial charge on any atom is -0.383 e. The summed E-state index contributed by atoms with van der Waals surface area (Å²) in [5.41, 5.74) is 0.0373. The number of fused-ring (bicyclic) bond motifs is 1. The number of rotatable bonds is 4. The van der Waals surface area contributed by atoms with Gasteiger partial charge in [0.1, 0.15) is 5.60 Å². The van der Waals surface area contributed by atoms with Gasteiger partial charge in [-0.25, -0.2) is 0 Å². The van der Waals surface area contributed by atoms with Gasteiger partial charge in [-0.1, -0.05) is 49.4 Å². The Labute approximate surface area is 102 Å². The van der Waals surface area contributed by atoms with Crippen LogP contribution in [0.2, 0.25) is 0 Å². The van der Waals surface area contributed by atoms with E-state index >= 15 is 0 Å². The molecule has 90 valence electrons. The highest BCUT2D eigenvalue weighted by atomic mass is 16.5. The summed E-state index contributed by atoms with van der Waals surface area (Å²) in [6.45, 7) is 2.29. The molecule has 0 amide bonds. The van der Waals surface area contributed by atoms with Gasteiger partial charge in [-0.15, -0.1) is 0 Å². The number of benzene rings is 2. The van der Waals surface area contributed by atoms with Gasteiger partial charge in [0, 0.05) is 7.11 Å². The summed E-state index contributed by atoms with van der Waals surface area (Å²) in [4.78, 5) is 0. The highest BCUT2D eigenvalue weighted by Crippen LogP contribution is 2.31. The summed E-state index contributed by atoms with van der Waals surface area (Å²) < 4.78 is 5.15. The highest BCUT2D eigenvalue weighted by Gasteiger charge is 2.28. The fourth-order valence-corrected chi connectivity index (χ4v) is 2.24. The summed E-state index contributed by atoms with van der Waals surface area (Å²) in [7, 11) is 1.62. The van der Waals surface area contributed by atoms with Crippen molar-refractivity contribution in [1.82, 2.24) is 0 Å². The van der Waals surface area contributed by atoms with Crippen LogP contribution in [0.5, 0.6) is 0 Å². The molecule has 0 bridgehead atoms. The van der Waals surface area contributed by atoms with Gasteiger partial charge >= 0.3 is 0 Å². The van der Waals surface area contributed by atoms with Crippen LogP contribution >= 0.6 is 0 Å². The number of aliphatic hydroxyl groups is 1. The molecular formula is C15H18O2. The van der Waals surface area contributed by atoms with Crippen LogP contribution in [0.15, 0.2) is 42.5 Å². The first-order chi connectivity index (χ1) is 8.21. The smallest absolute Gasteiger partial charge is 0.113 e. The number of methoxy groups -OCH3 is 1. The lowest BCUT2D eigenvalue weighted by Gasteiger charge is -2.27. The molecule has 0 radical (unpaired) electrons. The van der Waals surface area contributed by atoms with E-state index in [2.05, 4.69) is 12.1 Å². The molecule has 0 aliphatic rings. The van der Waals surface area contributed by atoms with Gasteiger partial charge in [0.05, 0.1) is 6.61 Å². The van der Waals surface area contributed by atoms with Crippen LogP contribution in [0, 0.1) is 0 Å². The van der Waals surface area contributed by atoms with Gasteiger partial charge in [0.2, 0.25) is 0 Å². The highest BCUT2D eigenvalue weighted by molar-refractivity contribution is 5.86. The van der Waals surface area contributed by atoms with E-state index in [4.69, 9.17) is 4.74 Å². The van der Waals surface area contributed by atoms with Gasteiger partial charge in [-0.2, -0.15) is 0 Å². The Kier molecular flexibility index (Phi) is 3.46. The summed E-state index contributed by atoms with van der Waals surface area (Å²) in [5.74, 6) is 0. The Bertz CT molecular complexity index is 502. The zero-order valence-corrected chi connectivity index (χ0v) is 10.3. The second-order valence-electron chi connectivity index (χ2n) is 4.34. The summed E-state index contributed by atoms with van der Waals surface area (Å²) >= 11 is 0. The van der Waals surface area contributed by atoms with Gasteiger partial charge in [0.25, 0.3) is 0 Å². The monoisotopic (exact) mass is 230 g/mol. The second kappa shape index (κ2) is 4.86. The van der Waals surface area contributed by atoms with Gasteiger partial charge in [0.15, 0.2) is 0 Å². The average Bonchev–Trinajstić information content (AvgIpc) is 2.38. The van der Waals surface area contributed by atoms with Crippen molar-refractivity contribution in [1.29, 1.82) is 0 Å². The zero-order chi connectivity index (χ0) is 12.3. The van der Waals surface area contributed by atoms with Crippen LogP contribution < -0.4 is 0 Å². The average molecular weight is 230 g/mol. The van der Waals surface area contributed by atoms with Crippen molar-refractivity contribution < 1.29 is 9.84 Å². The molecule has 0 heterocycles. The van der Waals surface area contributed by atoms with E-state index in [-0.39, 0.29) is 0 Å². The van der Waals surface area contributed by atoms with Crippen LogP contribution in [0.25, 0.3) is 10.8 Å². The third-order valence-corrected chi connectivity index (χ3v) is 3.26. The molecule has 0 saturated heterocycles. The molecule has 1 N–H and O–H groups in total. The molecule has 0 aliphatic heterocycles. The minimum atomic E-state index is -0.907. The van der Waals surface area contributed by atoms with Crippen LogP contribution in [0.4, 0.5) is 0 Å². The molecule has 2 rings (SSSR count). The van der Waals surface area contributed by atoms with E-state index in [1.807, 2.05) is 37.3 Å². The third-order valence-electron chi connectivity index (χ3n) is 3.26. The first kappa shape index (κ1) is 12.1. The summed E-state index contributed by atoms with van der Waals surface area (Å²) in [5, 5.41) is 12.9. The third kappa shape index (κ3) is 2.19. The van der Waals surface area contributed by atoms with E-state index in [1.54, 1.807) is 7.11 Å². The van der Waals surface area contributed by atoms with E-state index in [1.165, 1.54) is 0 Å². The van der Waals surface area contributed by atoms with Crippen molar-refractivity contribution in [2.24, 2.45) is 0 Å². The van der Waals surface area contributed by atoms with E-state index in [0.717, 1.165) is 16.3 Å². The lowest BCUT2D eigenvalue weighted by Crippen LogP contribution is -2.30. The SMILES string of the molecule is CCC(O)(COC)c1cccc2ccccc12. The normalized spacial score (nSPS) is 14.8. The second-order valence-corrected chi connectivity index (χ2v) is 4.34. The molecule has 0 aliphatic carbocycles. The maximum atomic E-state index is 10.7. The fourth-order valence-electron chi connectivity index (χ4n) is 2.24. The molecule has 0 saturated carbocycles. The molecular weight excluding hydrogens is 212 g/mol. The molecule has 2 heteroatoms. The molecule has 0 spiro atoms. The maximum absolute atomic E-state index is 10.7. The van der Waals surface area contributed by atoms with Crippen LogP contribution in [-0.2, 0) is 10.3 Å². The Morgan fingerprint density at radius 2 is 1.82 bits per heavy atom.